The van der Waals surface area contributed by atoms with E-state index in [-0.39, 0.29) is 29.4 Å². The van der Waals surface area contributed by atoms with Gasteiger partial charge in [-0.15, -0.1) is 0 Å². The molecule has 9 nitrogen and oxygen atoms in total. The van der Waals surface area contributed by atoms with E-state index in [0.29, 0.717) is 39.1 Å². The Kier molecular flexibility index (Phi) is 6.22. The number of nitrogens with zero attached hydrogens (tertiary/aromatic N) is 5. The maximum Gasteiger partial charge on any atom is 0.322 e. The summed E-state index contributed by atoms with van der Waals surface area (Å²) >= 11 is 0. The van der Waals surface area contributed by atoms with Crippen LogP contribution < -0.4 is 15.8 Å². The second kappa shape index (κ2) is 9.88. The number of carbonyl (C=O) groups is 1. The number of halogens is 1. The normalized spacial score (nSPS) is 12.9. The van der Waals surface area contributed by atoms with Gasteiger partial charge in [-0.1, -0.05) is 24.8 Å². The summed E-state index contributed by atoms with van der Waals surface area (Å²) in [6.07, 6.45) is 4.97. The molecular weight excluding hydrogens is 509 g/mol. The molecule has 2 aromatic carbocycles. The van der Waals surface area contributed by atoms with Crippen molar-refractivity contribution in [2.45, 2.75) is 19.8 Å². The van der Waals surface area contributed by atoms with Crippen molar-refractivity contribution in [2.75, 3.05) is 11.1 Å². The van der Waals surface area contributed by atoms with Gasteiger partial charge in [-0.05, 0) is 67.1 Å². The number of aromatic nitrogens is 5. The molecule has 1 amide bonds. The third kappa shape index (κ3) is 4.64. The third-order valence-electron chi connectivity index (χ3n) is 6.97. The summed E-state index contributed by atoms with van der Waals surface area (Å²) in [4.78, 5) is 29.4. The predicted octanol–water partition coefficient (Wildman–Crippen LogP) is 5.82. The van der Waals surface area contributed by atoms with Gasteiger partial charge < -0.3 is 20.4 Å². The number of aryl methyl sites for hydroxylation is 2. The maximum atomic E-state index is 15.4. The van der Waals surface area contributed by atoms with Crippen LogP contribution >= 0.6 is 0 Å². The fraction of sp³-hybridized carbons (Fsp3) is 0.167. The van der Waals surface area contributed by atoms with Crippen LogP contribution in [0.1, 0.15) is 18.5 Å². The minimum Gasteiger partial charge on any atom is -0.421 e. The molecule has 0 unspecified atom stereocenters. The summed E-state index contributed by atoms with van der Waals surface area (Å²) in [6.45, 7) is 5.72. The van der Waals surface area contributed by atoms with Gasteiger partial charge >= 0.3 is 6.01 Å². The summed E-state index contributed by atoms with van der Waals surface area (Å²) in [7, 11) is 1.87. The first-order valence-electron chi connectivity index (χ1n) is 12.8. The summed E-state index contributed by atoms with van der Waals surface area (Å²) in [5.41, 5.74) is 11.7. The van der Waals surface area contributed by atoms with Gasteiger partial charge in [0.1, 0.15) is 17.8 Å². The number of rotatable bonds is 7. The van der Waals surface area contributed by atoms with E-state index in [9.17, 15) is 4.79 Å². The number of fused-ring (bicyclic) bond motifs is 1. The highest BCUT2D eigenvalue weighted by molar-refractivity contribution is 6.08. The van der Waals surface area contributed by atoms with Crippen molar-refractivity contribution in [3.8, 4) is 34.1 Å². The van der Waals surface area contributed by atoms with Crippen LogP contribution in [-0.2, 0) is 11.8 Å². The molecule has 3 heterocycles. The lowest BCUT2D eigenvalue weighted by Gasteiger charge is -2.12. The molecule has 5 aromatic rings. The maximum absolute atomic E-state index is 15.4. The fourth-order valence-electron chi connectivity index (χ4n) is 4.75. The summed E-state index contributed by atoms with van der Waals surface area (Å²) in [5, 5.41) is 3.52. The average molecular weight is 536 g/mol. The second-order valence-corrected chi connectivity index (χ2v) is 9.80. The van der Waals surface area contributed by atoms with E-state index < -0.39 is 5.82 Å². The Morgan fingerprint density at radius 2 is 1.85 bits per heavy atom. The summed E-state index contributed by atoms with van der Waals surface area (Å²) in [5.74, 6) is -0.204. The van der Waals surface area contributed by atoms with Crippen molar-refractivity contribution >= 4 is 28.4 Å². The molecule has 6 rings (SSSR count). The van der Waals surface area contributed by atoms with E-state index in [2.05, 4.69) is 31.8 Å². The molecule has 1 aliphatic carbocycles. The number of nitrogen functional groups attached to an aromatic ring is 1. The molecule has 1 fully saturated rings. The third-order valence-corrected chi connectivity index (χ3v) is 6.97. The van der Waals surface area contributed by atoms with E-state index in [1.165, 1.54) is 18.5 Å². The molecule has 40 heavy (non-hydrogen) atoms. The van der Waals surface area contributed by atoms with Crippen molar-refractivity contribution in [1.82, 2.24) is 24.5 Å². The van der Waals surface area contributed by atoms with Crippen LogP contribution in [0.5, 0.6) is 11.8 Å². The van der Waals surface area contributed by atoms with E-state index >= 15 is 4.39 Å². The number of amides is 1. The Hall–Kier alpha value is -5.12. The molecule has 3 N–H and O–H groups in total. The molecule has 1 aliphatic rings. The lowest BCUT2D eigenvalue weighted by Crippen LogP contribution is -2.14. The monoisotopic (exact) mass is 535 g/mol. The number of benzene rings is 2. The Bertz CT molecular complexity index is 1790. The van der Waals surface area contributed by atoms with Crippen molar-refractivity contribution in [3.63, 3.8) is 0 Å². The Morgan fingerprint density at radius 3 is 2.55 bits per heavy atom. The highest BCUT2D eigenvalue weighted by Crippen LogP contribution is 2.43. The second-order valence-electron chi connectivity index (χ2n) is 9.80. The minimum absolute atomic E-state index is 0.00626. The molecule has 0 saturated heterocycles. The molecule has 0 atom stereocenters. The number of hydrogen-bond acceptors (Lipinski definition) is 7. The van der Waals surface area contributed by atoms with Crippen LogP contribution in [-0.4, -0.2) is 30.4 Å². The first-order chi connectivity index (χ1) is 19.3. The molecule has 3 aromatic heterocycles. The summed E-state index contributed by atoms with van der Waals surface area (Å²) < 4.78 is 22.9. The topological polar surface area (TPSA) is 121 Å². The smallest absolute Gasteiger partial charge is 0.322 e. The van der Waals surface area contributed by atoms with Crippen molar-refractivity contribution in [2.24, 2.45) is 13.0 Å². The number of nitrogens with two attached hydrogens (primary N) is 1. The number of nitrogens with one attached hydrogen (secondary N) is 1. The zero-order valence-electron chi connectivity index (χ0n) is 22.0. The Morgan fingerprint density at radius 1 is 1.10 bits per heavy atom. The molecule has 10 heteroatoms. The molecule has 0 radical (unpaired) electrons. The molecule has 0 bridgehead atoms. The van der Waals surface area contributed by atoms with Gasteiger partial charge in [0.15, 0.2) is 11.6 Å². The molecule has 1 saturated carbocycles. The van der Waals surface area contributed by atoms with Gasteiger partial charge in [0.25, 0.3) is 5.91 Å². The van der Waals surface area contributed by atoms with Crippen LogP contribution in [0.3, 0.4) is 0 Å². The van der Waals surface area contributed by atoms with Crippen molar-refractivity contribution < 1.29 is 13.9 Å². The van der Waals surface area contributed by atoms with Gasteiger partial charge in [-0.2, -0.15) is 0 Å². The Balaban J connectivity index is 1.40. The first-order valence-corrected chi connectivity index (χ1v) is 12.8. The fourth-order valence-corrected chi connectivity index (χ4v) is 4.75. The van der Waals surface area contributed by atoms with Gasteiger partial charge in [0.05, 0.1) is 11.1 Å². The quantitative estimate of drug-likeness (QED) is 0.252. The van der Waals surface area contributed by atoms with Crippen molar-refractivity contribution in [1.29, 1.82) is 0 Å². The van der Waals surface area contributed by atoms with Crippen LogP contribution in [0.25, 0.3) is 33.4 Å². The highest BCUT2D eigenvalue weighted by Gasteiger charge is 2.29. The van der Waals surface area contributed by atoms with E-state index in [1.807, 2.05) is 35.9 Å². The number of ether oxygens (including phenoxy) is 1. The number of anilines is 2. The predicted molar refractivity (Wildman–Crippen MR) is 151 cm³/mol. The van der Waals surface area contributed by atoms with Crippen LogP contribution in [0.4, 0.5) is 15.9 Å². The van der Waals surface area contributed by atoms with E-state index in [0.717, 1.165) is 24.1 Å². The Labute approximate surface area is 229 Å². The highest BCUT2D eigenvalue weighted by atomic mass is 19.1. The lowest BCUT2D eigenvalue weighted by atomic mass is 9.98. The van der Waals surface area contributed by atoms with Crippen molar-refractivity contribution in [3.05, 3.63) is 84.7 Å². The van der Waals surface area contributed by atoms with E-state index in [1.54, 1.807) is 25.3 Å². The standard InChI is InChI=1S/C30H26FN7O2/c1-16-12-13-33-30(36-16)40-23-11-8-20(14-22(23)31)24-25-27(32)34-15-35-28(25)38(3)26(24)19-6-9-21(10-7-19)37-29(39)17(2)18-4-5-18/h6-15,18H,2,4-5H2,1,3H3,(H,37,39)(H2,32,34,35). The molecule has 0 spiro atoms. The number of carbonyl (C=O) groups excluding carboxylic acids is 1. The SMILES string of the molecule is C=C(C(=O)Nc1ccc(-c2c(-c3ccc(Oc4nccc(C)n4)c(F)c3)c3c(N)ncnc3n2C)cc1)C1CC1. The zero-order chi connectivity index (χ0) is 28.0. The number of hydrogen-bond donors (Lipinski definition) is 2. The minimum atomic E-state index is -0.588. The molecule has 0 aliphatic heterocycles. The van der Waals surface area contributed by atoms with Gasteiger partial charge in [-0.25, -0.2) is 24.3 Å². The summed E-state index contributed by atoms with van der Waals surface area (Å²) in [6, 6.07) is 13.9. The average Bonchev–Trinajstić information content (AvgIpc) is 3.74. The van der Waals surface area contributed by atoms with Gasteiger partial charge in [0.2, 0.25) is 0 Å². The first kappa shape index (κ1) is 25.2. The molecule has 200 valence electrons. The van der Waals surface area contributed by atoms with Gasteiger partial charge in [0, 0.05) is 35.8 Å². The lowest BCUT2D eigenvalue weighted by molar-refractivity contribution is -0.113. The van der Waals surface area contributed by atoms with Crippen LogP contribution in [0, 0.1) is 18.7 Å². The zero-order valence-corrected chi connectivity index (χ0v) is 22.0. The van der Waals surface area contributed by atoms with Crippen LogP contribution in [0.2, 0.25) is 0 Å². The van der Waals surface area contributed by atoms with Crippen LogP contribution in [0.15, 0.2) is 73.2 Å². The molecular formula is C30H26FN7O2. The van der Waals surface area contributed by atoms with E-state index in [4.69, 9.17) is 10.5 Å². The van der Waals surface area contributed by atoms with Gasteiger partial charge in [-0.3, -0.25) is 4.79 Å². The largest absolute Gasteiger partial charge is 0.421 e.